The average Bonchev–Trinajstić information content (AvgIpc) is 2.86. The SMILES string of the molecule is CNC(=O)[C@H](C)N(Cc1ccccc1F)C(=O)CN(c1ccccc1C)S(=O)(=O)c1ccccc1. The van der Waals surface area contributed by atoms with Gasteiger partial charge in [-0.1, -0.05) is 54.6 Å². The quantitative estimate of drug-likeness (QED) is 0.490. The van der Waals surface area contributed by atoms with Gasteiger partial charge in [0.05, 0.1) is 10.6 Å². The zero-order valence-corrected chi connectivity index (χ0v) is 20.6. The molecule has 184 valence electrons. The number of aryl methyl sites for hydroxylation is 1. The summed E-state index contributed by atoms with van der Waals surface area (Å²) in [6.45, 7) is 2.49. The van der Waals surface area contributed by atoms with Crippen LogP contribution in [0.1, 0.15) is 18.1 Å². The monoisotopic (exact) mass is 497 g/mol. The Morgan fingerprint density at radius 1 is 0.943 bits per heavy atom. The summed E-state index contributed by atoms with van der Waals surface area (Å²) in [6.07, 6.45) is 0. The summed E-state index contributed by atoms with van der Waals surface area (Å²) in [5, 5.41) is 2.49. The molecule has 0 saturated carbocycles. The Bertz CT molecular complexity index is 1300. The maximum absolute atomic E-state index is 14.4. The number of carbonyl (C=O) groups excluding carboxylic acids is 2. The van der Waals surface area contributed by atoms with E-state index in [9.17, 15) is 22.4 Å². The van der Waals surface area contributed by atoms with Crippen molar-refractivity contribution in [3.63, 3.8) is 0 Å². The largest absolute Gasteiger partial charge is 0.357 e. The zero-order valence-electron chi connectivity index (χ0n) is 19.8. The van der Waals surface area contributed by atoms with Gasteiger partial charge in [0.15, 0.2) is 0 Å². The lowest BCUT2D eigenvalue weighted by atomic mass is 10.1. The highest BCUT2D eigenvalue weighted by atomic mass is 32.2. The Morgan fingerprint density at radius 3 is 2.17 bits per heavy atom. The van der Waals surface area contributed by atoms with E-state index in [4.69, 9.17) is 0 Å². The fourth-order valence-corrected chi connectivity index (χ4v) is 5.18. The number of para-hydroxylation sites is 1. The molecule has 0 heterocycles. The Kier molecular flexibility index (Phi) is 8.24. The van der Waals surface area contributed by atoms with Crippen LogP contribution in [-0.2, 0) is 26.2 Å². The van der Waals surface area contributed by atoms with Crippen molar-refractivity contribution >= 4 is 27.5 Å². The summed E-state index contributed by atoms with van der Waals surface area (Å²) in [6, 6.07) is 19.6. The second-order valence-corrected chi connectivity index (χ2v) is 9.88. The molecular weight excluding hydrogens is 469 g/mol. The predicted molar refractivity (Wildman–Crippen MR) is 133 cm³/mol. The topological polar surface area (TPSA) is 86.8 Å². The summed E-state index contributed by atoms with van der Waals surface area (Å²) < 4.78 is 42.7. The number of rotatable bonds is 9. The van der Waals surface area contributed by atoms with Crippen LogP contribution < -0.4 is 9.62 Å². The van der Waals surface area contributed by atoms with E-state index in [0.29, 0.717) is 11.3 Å². The van der Waals surface area contributed by atoms with E-state index in [0.717, 1.165) is 4.31 Å². The number of sulfonamides is 1. The minimum absolute atomic E-state index is 0.0241. The highest BCUT2D eigenvalue weighted by molar-refractivity contribution is 7.92. The first-order chi connectivity index (χ1) is 16.7. The summed E-state index contributed by atoms with van der Waals surface area (Å²) >= 11 is 0. The van der Waals surface area contributed by atoms with Gasteiger partial charge in [-0.05, 0) is 43.7 Å². The smallest absolute Gasteiger partial charge is 0.264 e. The molecule has 0 spiro atoms. The van der Waals surface area contributed by atoms with Crippen LogP contribution in [0.15, 0.2) is 83.8 Å². The van der Waals surface area contributed by atoms with Crippen LogP contribution in [0.4, 0.5) is 10.1 Å². The maximum atomic E-state index is 14.4. The van der Waals surface area contributed by atoms with Crippen molar-refractivity contribution in [2.75, 3.05) is 17.9 Å². The summed E-state index contributed by atoms with van der Waals surface area (Å²) in [5.41, 5.74) is 1.20. The van der Waals surface area contributed by atoms with Crippen molar-refractivity contribution in [2.45, 2.75) is 31.3 Å². The Labute approximate surface area is 205 Å². The van der Waals surface area contributed by atoms with Crippen LogP contribution in [-0.4, -0.2) is 44.8 Å². The molecule has 7 nitrogen and oxygen atoms in total. The molecule has 35 heavy (non-hydrogen) atoms. The first-order valence-corrected chi connectivity index (χ1v) is 12.5. The first-order valence-electron chi connectivity index (χ1n) is 11.0. The Hall–Kier alpha value is -3.72. The van der Waals surface area contributed by atoms with Gasteiger partial charge in [-0.2, -0.15) is 0 Å². The molecule has 9 heteroatoms. The number of amides is 2. The fourth-order valence-electron chi connectivity index (χ4n) is 3.68. The molecule has 0 unspecified atom stereocenters. The molecule has 3 aromatic rings. The number of carbonyl (C=O) groups is 2. The molecule has 1 N–H and O–H groups in total. The first kappa shape index (κ1) is 25.9. The molecule has 1 atom stereocenters. The Balaban J connectivity index is 2.05. The zero-order chi connectivity index (χ0) is 25.6. The number of likely N-dealkylation sites (N-methyl/N-ethyl adjacent to an activating group) is 1. The van der Waals surface area contributed by atoms with Crippen LogP contribution in [0.25, 0.3) is 0 Å². The van der Waals surface area contributed by atoms with E-state index in [2.05, 4.69) is 5.32 Å². The normalized spacial score (nSPS) is 12.0. The van der Waals surface area contributed by atoms with Crippen molar-refractivity contribution < 1.29 is 22.4 Å². The lowest BCUT2D eigenvalue weighted by Gasteiger charge is -2.32. The van der Waals surface area contributed by atoms with Crippen LogP contribution in [0.2, 0.25) is 0 Å². The van der Waals surface area contributed by atoms with Crippen molar-refractivity contribution in [3.8, 4) is 0 Å². The molecule has 2 amide bonds. The minimum atomic E-state index is -4.13. The van der Waals surface area contributed by atoms with E-state index in [-0.39, 0.29) is 17.0 Å². The Morgan fingerprint density at radius 2 is 1.54 bits per heavy atom. The number of nitrogens with one attached hydrogen (secondary N) is 1. The molecule has 0 aliphatic rings. The number of hydrogen-bond acceptors (Lipinski definition) is 4. The van der Waals surface area contributed by atoms with Gasteiger partial charge in [-0.25, -0.2) is 12.8 Å². The lowest BCUT2D eigenvalue weighted by molar-refractivity contribution is -0.139. The standard InChI is InChI=1S/C26H28FN3O4S/c1-19-11-7-10-16-24(19)30(35(33,34)22-13-5-4-6-14-22)18-25(31)29(20(2)26(32)28-3)17-21-12-8-9-15-23(21)27/h4-16,20H,17-18H2,1-3H3,(H,28,32)/t20-/m0/s1. The second kappa shape index (κ2) is 11.1. The minimum Gasteiger partial charge on any atom is -0.357 e. The van der Waals surface area contributed by atoms with Crippen LogP contribution in [0, 0.1) is 12.7 Å². The van der Waals surface area contributed by atoms with Crippen molar-refractivity contribution in [1.29, 1.82) is 0 Å². The number of halogens is 1. The van der Waals surface area contributed by atoms with Crippen LogP contribution >= 0.6 is 0 Å². The highest BCUT2D eigenvalue weighted by Crippen LogP contribution is 2.27. The lowest BCUT2D eigenvalue weighted by Crippen LogP contribution is -2.51. The van der Waals surface area contributed by atoms with Gasteiger partial charge < -0.3 is 10.2 Å². The van der Waals surface area contributed by atoms with Gasteiger partial charge in [0, 0.05) is 19.2 Å². The number of anilines is 1. The van der Waals surface area contributed by atoms with Crippen LogP contribution in [0.3, 0.4) is 0 Å². The highest BCUT2D eigenvalue weighted by Gasteiger charge is 2.33. The van der Waals surface area contributed by atoms with E-state index in [1.165, 1.54) is 49.2 Å². The average molecular weight is 498 g/mol. The van der Waals surface area contributed by atoms with E-state index in [1.807, 2.05) is 0 Å². The molecular formula is C26H28FN3O4S. The summed E-state index contributed by atoms with van der Waals surface area (Å²) in [5.74, 6) is -1.63. The van der Waals surface area contributed by atoms with Gasteiger partial charge in [0.1, 0.15) is 18.4 Å². The van der Waals surface area contributed by atoms with Gasteiger partial charge in [0.2, 0.25) is 11.8 Å². The summed E-state index contributed by atoms with van der Waals surface area (Å²) in [4.78, 5) is 27.2. The maximum Gasteiger partial charge on any atom is 0.264 e. The van der Waals surface area contributed by atoms with E-state index < -0.39 is 40.2 Å². The summed E-state index contributed by atoms with van der Waals surface area (Å²) in [7, 11) is -2.69. The van der Waals surface area contributed by atoms with Crippen molar-refractivity contribution in [1.82, 2.24) is 10.2 Å². The van der Waals surface area contributed by atoms with E-state index >= 15 is 0 Å². The van der Waals surface area contributed by atoms with Gasteiger partial charge in [-0.15, -0.1) is 0 Å². The fraction of sp³-hybridized carbons (Fsp3) is 0.231. The van der Waals surface area contributed by atoms with E-state index in [1.54, 1.807) is 55.5 Å². The molecule has 0 aliphatic carbocycles. The second-order valence-electron chi connectivity index (χ2n) is 8.01. The van der Waals surface area contributed by atoms with Gasteiger partial charge in [0.25, 0.3) is 10.0 Å². The molecule has 3 aromatic carbocycles. The molecule has 3 rings (SSSR count). The molecule has 0 aliphatic heterocycles. The molecule has 0 fully saturated rings. The van der Waals surface area contributed by atoms with Crippen LogP contribution in [0.5, 0.6) is 0 Å². The third-order valence-corrected chi connectivity index (χ3v) is 7.48. The third kappa shape index (κ3) is 5.86. The van der Waals surface area contributed by atoms with Crippen molar-refractivity contribution in [3.05, 3.63) is 95.8 Å². The molecule has 0 aromatic heterocycles. The molecule has 0 saturated heterocycles. The van der Waals surface area contributed by atoms with Gasteiger partial charge >= 0.3 is 0 Å². The number of nitrogens with zero attached hydrogens (tertiary/aromatic N) is 2. The predicted octanol–water partition coefficient (Wildman–Crippen LogP) is 3.49. The van der Waals surface area contributed by atoms with Crippen molar-refractivity contribution in [2.24, 2.45) is 0 Å². The number of hydrogen-bond donors (Lipinski definition) is 1. The molecule has 0 bridgehead atoms. The molecule has 0 radical (unpaired) electrons. The number of benzene rings is 3. The third-order valence-electron chi connectivity index (χ3n) is 5.71. The van der Waals surface area contributed by atoms with Gasteiger partial charge in [-0.3, -0.25) is 13.9 Å².